The Morgan fingerprint density at radius 2 is 2.00 bits per heavy atom. The lowest BCUT2D eigenvalue weighted by Crippen LogP contribution is -2.42. The number of halogens is 3. The number of aromatic nitrogens is 2. The molecular weight excluding hydrogens is 321 g/mol. The Morgan fingerprint density at radius 1 is 1.21 bits per heavy atom. The number of rotatable bonds is 3. The summed E-state index contributed by atoms with van der Waals surface area (Å²) in [6.07, 6.45) is -2.26. The molecule has 4 rings (SSSR count). The molecule has 1 aromatic carbocycles. The molecule has 2 fully saturated rings. The second kappa shape index (κ2) is 5.42. The molecule has 8 heteroatoms. The fourth-order valence-corrected chi connectivity index (χ4v) is 3.22. The van der Waals surface area contributed by atoms with Crippen LogP contribution in [-0.2, 0) is 16.5 Å². The average molecular weight is 336 g/mol. The van der Waals surface area contributed by atoms with Crippen molar-refractivity contribution in [2.45, 2.75) is 24.2 Å². The molecule has 0 unspecified atom stereocenters. The quantitative estimate of drug-likeness (QED) is 0.903. The maximum absolute atomic E-state index is 12.6. The number of fused-ring (bicyclic) bond motifs is 2. The van der Waals surface area contributed by atoms with Crippen LogP contribution in [0.2, 0.25) is 0 Å². The summed E-state index contributed by atoms with van der Waals surface area (Å²) in [7, 11) is 0. The highest BCUT2D eigenvalue weighted by Crippen LogP contribution is 2.39. The third kappa shape index (κ3) is 2.71. The first-order valence-corrected chi connectivity index (χ1v) is 7.59. The van der Waals surface area contributed by atoms with Crippen LogP contribution < -0.4 is 10.6 Å². The van der Waals surface area contributed by atoms with Crippen LogP contribution in [0.25, 0.3) is 0 Å². The van der Waals surface area contributed by atoms with Gasteiger partial charge in [-0.3, -0.25) is 0 Å². The van der Waals surface area contributed by atoms with Crippen molar-refractivity contribution in [3.05, 3.63) is 47.9 Å². The Morgan fingerprint density at radius 3 is 2.58 bits per heavy atom. The van der Waals surface area contributed by atoms with Crippen molar-refractivity contribution in [1.82, 2.24) is 15.3 Å². The number of anilines is 2. The summed E-state index contributed by atoms with van der Waals surface area (Å²) in [5, 5.41) is 6.36. The molecule has 2 saturated heterocycles. The minimum Gasteiger partial charge on any atom is -0.375 e. The fourth-order valence-electron chi connectivity index (χ4n) is 3.22. The van der Waals surface area contributed by atoms with Crippen molar-refractivity contribution in [3.8, 4) is 0 Å². The van der Waals surface area contributed by atoms with Gasteiger partial charge >= 0.3 is 6.18 Å². The molecular formula is C16H15F3N4O. The van der Waals surface area contributed by atoms with Crippen molar-refractivity contribution in [3.63, 3.8) is 0 Å². The van der Waals surface area contributed by atoms with Crippen LogP contribution in [-0.4, -0.2) is 29.2 Å². The molecule has 2 atom stereocenters. The second-order valence-electron chi connectivity index (χ2n) is 6.07. The highest BCUT2D eigenvalue weighted by atomic mass is 19.4. The standard InChI is InChI=1S/C16H15F3N4O/c17-16(18,19)14-20-6-5-13(23-14)22-11-3-1-10(2-4-11)15-7-12(8-21-15)24-9-15/h1-6,12,21H,7-9H2,(H,20,22,23)/t12-,15-/m0/s1. The number of hydrogen-bond donors (Lipinski definition) is 2. The average Bonchev–Trinajstić information content (AvgIpc) is 3.17. The molecule has 2 aromatic rings. The Hall–Kier alpha value is -2.19. The molecule has 24 heavy (non-hydrogen) atoms. The van der Waals surface area contributed by atoms with Gasteiger partial charge in [0, 0.05) is 18.4 Å². The number of nitrogens with one attached hydrogen (secondary N) is 2. The Bertz CT molecular complexity index is 740. The van der Waals surface area contributed by atoms with Gasteiger partial charge in [-0.1, -0.05) is 12.1 Å². The molecule has 2 aliphatic rings. The van der Waals surface area contributed by atoms with Crippen LogP contribution in [0.1, 0.15) is 17.8 Å². The Kier molecular flexibility index (Phi) is 3.47. The van der Waals surface area contributed by atoms with Crippen molar-refractivity contribution in [2.24, 2.45) is 0 Å². The van der Waals surface area contributed by atoms with Crippen molar-refractivity contribution in [1.29, 1.82) is 0 Å². The Balaban J connectivity index is 1.52. The normalized spacial score (nSPS) is 25.9. The van der Waals surface area contributed by atoms with Gasteiger partial charge in [0.05, 0.1) is 18.2 Å². The molecule has 2 bridgehead atoms. The third-order valence-corrected chi connectivity index (χ3v) is 4.43. The SMILES string of the molecule is FC(F)(F)c1nccc(Nc2ccc([C@]34CO[C@H](CN3)C4)cc2)n1. The number of alkyl halides is 3. The topological polar surface area (TPSA) is 59.1 Å². The molecule has 0 amide bonds. The molecule has 0 spiro atoms. The van der Waals surface area contributed by atoms with Gasteiger partial charge in [-0.2, -0.15) is 13.2 Å². The number of ether oxygens (including phenoxy) is 1. The zero-order chi connectivity index (χ0) is 16.8. The largest absolute Gasteiger partial charge is 0.451 e. The number of hydrogen-bond acceptors (Lipinski definition) is 5. The van der Waals surface area contributed by atoms with Crippen LogP contribution in [0.5, 0.6) is 0 Å². The predicted molar refractivity (Wildman–Crippen MR) is 80.8 cm³/mol. The second-order valence-corrected chi connectivity index (χ2v) is 6.07. The fraction of sp³-hybridized carbons (Fsp3) is 0.375. The summed E-state index contributed by atoms with van der Waals surface area (Å²) < 4.78 is 43.6. The molecule has 126 valence electrons. The summed E-state index contributed by atoms with van der Waals surface area (Å²) in [6.45, 7) is 1.49. The van der Waals surface area contributed by atoms with Gasteiger partial charge in [0.25, 0.3) is 0 Å². The van der Waals surface area contributed by atoms with Gasteiger partial charge < -0.3 is 15.4 Å². The number of nitrogens with zero attached hydrogens (tertiary/aromatic N) is 2. The lowest BCUT2D eigenvalue weighted by molar-refractivity contribution is -0.144. The van der Waals surface area contributed by atoms with E-state index in [1.807, 2.05) is 24.3 Å². The zero-order valence-electron chi connectivity index (χ0n) is 12.6. The molecule has 3 heterocycles. The van der Waals surface area contributed by atoms with E-state index in [1.54, 1.807) is 0 Å². The first kappa shape index (κ1) is 15.3. The van der Waals surface area contributed by atoms with Crippen LogP contribution in [0.4, 0.5) is 24.7 Å². The molecule has 2 N–H and O–H groups in total. The predicted octanol–water partition coefficient (Wildman–Crippen LogP) is 2.83. The van der Waals surface area contributed by atoms with E-state index < -0.39 is 12.0 Å². The van der Waals surface area contributed by atoms with E-state index in [9.17, 15) is 13.2 Å². The minimum atomic E-state index is -4.56. The van der Waals surface area contributed by atoms with Gasteiger partial charge in [0.15, 0.2) is 0 Å². The molecule has 2 aliphatic heterocycles. The highest BCUT2D eigenvalue weighted by Gasteiger charge is 2.46. The molecule has 0 radical (unpaired) electrons. The van der Waals surface area contributed by atoms with E-state index in [0.29, 0.717) is 12.3 Å². The van der Waals surface area contributed by atoms with E-state index in [-0.39, 0.29) is 17.5 Å². The maximum atomic E-state index is 12.6. The van der Waals surface area contributed by atoms with Crippen LogP contribution in [0, 0.1) is 0 Å². The van der Waals surface area contributed by atoms with Crippen LogP contribution >= 0.6 is 0 Å². The first-order valence-electron chi connectivity index (χ1n) is 7.59. The smallest absolute Gasteiger partial charge is 0.375 e. The molecule has 0 saturated carbocycles. The monoisotopic (exact) mass is 336 g/mol. The minimum absolute atomic E-state index is 0.103. The summed E-state index contributed by atoms with van der Waals surface area (Å²) >= 11 is 0. The van der Waals surface area contributed by atoms with E-state index >= 15 is 0 Å². The van der Waals surface area contributed by atoms with Crippen molar-refractivity contribution >= 4 is 11.5 Å². The number of morpholine rings is 1. The van der Waals surface area contributed by atoms with Crippen LogP contribution in [0.3, 0.4) is 0 Å². The summed E-state index contributed by atoms with van der Waals surface area (Å²) in [6, 6.07) is 8.96. The van der Waals surface area contributed by atoms with E-state index in [4.69, 9.17) is 4.74 Å². The van der Waals surface area contributed by atoms with Gasteiger partial charge in [-0.05, 0) is 30.2 Å². The maximum Gasteiger partial charge on any atom is 0.451 e. The van der Waals surface area contributed by atoms with Crippen molar-refractivity contribution in [2.75, 3.05) is 18.5 Å². The summed E-state index contributed by atoms with van der Waals surface area (Å²) in [5.41, 5.74) is 1.64. The van der Waals surface area contributed by atoms with Crippen LogP contribution in [0.15, 0.2) is 36.5 Å². The van der Waals surface area contributed by atoms with E-state index in [0.717, 1.165) is 24.7 Å². The van der Waals surface area contributed by atoms with Gasteiger partial charge in [-0.25, -0.2) is 9.97 Å². The van der Waals surface area contributed by atoms with Gasteiger partial charge in [-0.15, -0.1) is 0 Å². The van der Waals surface area contributed by atoms with Crippen molar-refractivity contribution < 1.29 is 17.9 Å². The van der Waals surface area contributed by atoms with E-state index in [1.165, 1.54) is 6.07 Å². The molecule has 0 aliphatic carbocycles. The first-order chi connectivity index (χ1) is 11.4. The lowest BCUT2D eigenvalue weighted by atomic mass is 9.90. The molecule has 5 nitrogen and oxygen atoms in total. The highest BCUT2D eigenvalue weighted by molar-refractivity contribution is 5.56. The number of benzene rings is 1. The summed E-state index contributed by atoms with van der Waals surface area (Å²) in [5.74, 6) is -1.06. The zero-order valence-corrected chi connectivity index (χ0v) is 12.6. The Labute approximate surface area is 136 Å². The third-order valence-electron chi connectivity index (χ3n) is 4.43. The summed E-state index contributed by atoms with van der Waals surface area (Å²) in [4.78, 5) is 6.74. The lowest BCUT2D eigenvalue weighted by Gasteiger charge is -2.27. The molecule has 1 aromatic heterocycles. The van der Waals surface area contributed by atoms with Gasteiger partial charge in [0.1, 0.15) is 5.82 Å². The van der Waals surface area contributed by atoms with E-state index in [2.05, 4.69) is 20.6 Å². The van der Waals surface area contributed by atoms with Gasteiger partial charge in [0.2, 0.25) is 5.82 Å².